The summed E-state index contributed by atoms with van der Waals surface area (Å²) >= 11 is 0. The zero-order valence-electron chi connectivity index (χ0n) is 50.6. The summed E-state index contributed by atoms with van der Waals surface area (Å²) in [4.78, 5) is 99.7. The Morgan fingerprint density at radius 2 is 1.14 bits per heavy atom. The Hall–Kier alpha value is -3.84. The van der Waals surface area contributed by atoms with Gasteiger partial charge in [0.15, 0.2) is 12.4 Å². The minimum Gasteiger partial charge on any atom is -0.481 e. The molecule has 0 saturated carbocycles. The molecule has 1 fully saturated rings. The Morgan fingerprint density at radius 3 is 1.61 bits per heavy atom. The molecule has 24 nitrogen and oxygen atoms in total. The molecule has 1 rings (SSSR count). The molecule has 10 atom stereocenters. The number of primary amides is 1. The predicted molar refractivity (Wildman–Crippen MR) is 311 cm³/mol. The van der Waals surface area contributed by atoms with Gasteiger partial charge in [0.1, 0.15) is 37.0 Å². The van der Waals surface area contributed by atoms with Crippen LogP contribution in [0, 0.1) is 0 Å². The molecular formula is C58H108N5O19P. The van der Waals surface area contributed by atoms with Crippen LogP contribution in [-0.4, -0.2) is 166 Å². The van der Waals surface area contributed by atoms with Crippen molar-refractivity contribution in [3.8, 4) is 0 Å². The maximum Gasteiger partial charge on any atom is 0.472 e. The largest absolute Gasteiger partial charge is 0.481 e. The SMILES string of the molecule is CCCCCCCCCCCCCCCC(=O)OC[C@H](COP(=O)(O)OCCNC(=O)CCC(=O)N[C@@H]1[C@@H](OC(C)CN(C(=O)[C@H](C)N)[C@H](CCC(=O)O)C(N)=O)[C@H](O)[C@@H](CO)O[C@@H]1O)OC(=O)CCCCCCCCCCCCCCC. The fourth-order valence-corrected chi connectivity index (χ4v) is 10.4. The van der Waals surface area contributed by atoms with E-state index in [2.05, 4.69) is 24.5 Å². The van der Waals surface area contributed by atoms with Crippen LogP contribution in [-0.2, 0) is 66.1 Å². The van der Waals surface area contributed by atoms with Gasteiger partial charge in [-0.05, 0) is 33.1 Å². The van der Waals surface area contributed by atoms with Gasteiger partial charge in [0, 0.05) is 45.2 Å². The molecule has 1 aliphatic heterocycles. The minimum absolute atomic E-state index is 0.106. The highest BCUT2D eigenvalue weighted by atomic mass is 31.2. The van der Waals surface area contributed by atoms with Gasteiger partial charge in [0.2, 0.25) is 23.6 Å². The number of phosphoric ester groups is 1. The molecular weight excluding hydrogens is 1100 g/mol. The Kier molecular flexibility index (Phi) is 44.0. The molecule has 1 saturated heterocycles. The number of ether oxygens (including phenoxy) is 4. The van der Waals surface area contributed by atoms with Gasteiger partial charge in [-0.1, -0.05) is 168 Å². The smallest absolute Gasteiger partial charge is 0.472 e. The van der Waals surface area contributed by atoms with Crippen molar-refractivity contribution < 1.29 is 91.4 Å². The molecule has 1 heterocycles. The van der Waals surface area contributed by atoms with Gasteiger partial charge >= 0.3 is 25.7 Å². The lowest BCUT2D eigenvalue weighted by molar-refractivity contribution is -0.268. The number of aliphatic hydroxyl groups is 3. The van der Waals surface area contributed by atoms with Crippen molar-refractivity contribution in [1.29, 1.82) is 0 Å². The summed E-state index contributed by atoms with van der Waals surface area (Å²) < 4.78 is 45.4. The van der Waals surface area contributed by atoms with E-state index in [4.69, 9.17) is 39.5 Å². The third kappa shape index (κ3) is 38.0. The topological polar surface area (TPSA) is 372 Å². The highest BCUT2D eigenvalue weighted by Crippen LogP contribution is 2.43. The predicted octanol–water partition coefficient (Wildman–Crippen LogP) is 6.66. The van der Waals surface area contributed by atoms with Crippen LogP contribution < -0.4 is 22.1 Å². The van der Waals surface area contributed by atoms with Gasteiger partial charge in [0.05, 0.1) is 32.0 Å². The van der Waals surface area contributed by atoms with Crippen molar-refractivity contribution in [2.75, 3.05) is 39.5 Å². The Morgan fingerprint density at radius 1 is 0.663 bits per heavy atom. The summed E-state index contributed by atoms with van der Waals surface area (Å²) in [6.07, 6.45) is 19.6. The highest BCUT2D eigenvalue weighted by Gasteiger charge is 2.47. The zero-order valence-corrected chi connectivity index (χ0v) is 51.5. The van der Waals surface area contributed by atoms with Crippen molar-refractivity contribution in [2.24, 2.45) is 11.5 Å². The van der Waals surface area contributed by atoms with E-state index in [0.717, 1.165) is 49.8 Å². The van der Waals surface area contributed by atoms with E-state index in [9.17, 15) is 63.4 Å². The molecule has 0 radical (unpaired) electrons. The number of carboxylic acid groups (broad SMARTS) is 1. The number of aliphatic hydroxyl groups excluding tert-OH is 3. The van der Waals surface area contributed by atoms with Crippen molar-refractivity contribution in [2.45, 2.75) is 288 Å². The van der Waals surface area contributed by atoms with Crippen molar-refractivity contribution >= 4 is 49.4 Å². The molecule has 11 N–H and O–H groups in total. The van der Waals surface area contributed by atoms with Crippen molar-refractivity contribution in [1.82, 2.24) is 15.5 Å². The van der Waals surface area contributed by atoms with Crippen LogP contribution in [0.3, 0.4) is 0 Å². The molecule has 484 valence electrons. The van der Waals surface area contributed by atoms with E-state index in [1.165, 1.54) is 123 Å². The van der Waals surface area contributed by atoms with Crippen LogP contribution in [0.15, 0.2) is 0 Å². The van der Waals surface area contributed by atoms with E-state index in [0.29, 0.717) is 12.8 Å². The average Bonchev–Trinajstić information content (AvgIpc) is 3.56. The highest BCUT2D eigenvalue weighted by molar-refractivity contribution is 7.47. The molecule has 0 aliphatic carbocycles. The van der Waals surface area contributed by atoms with E-state index in [1.54, 1.807) is 0 Å². The number of aliphatic carboxylic acids is 1. The normalized spacial score (nSPS) is 19.2. The van der Waals surface area contributed by atoms with Crippen molar-refractivity contribution in [3.05, 3.63) is 0 Å². The molecule has 83 heavy (non-hydrogen) atoms. The number of hydrogen-bond acceptors (Lipinski definition) is 18. The Balaban J connectivity index is 2.74. The Bertz CT molecular complexity index is 1850. The van der Waals surface area contributed by atoms with Gasteiger partial charge < -0.3 is 71.3 Å². The van der Waals surface area contributed by atoms with Gasteiger partial charge in [0.25, 0.3) is 0 Å². The van der Waals surface area contributed by atoms with Gasteiger partial charge in [-0.25, -0.2) is 4.57 Å². The number of esters is 2. The summed E-state index contributed by atoms with van der Waals surface area (Å²) in [6, 6.07) is -4.07. The molecule has 0 aromatic carbocycles. The first-order valence-corrected chi connectivity index (χ1v) is 32.5. The second-order valence-corrected chi connectivity index (χ2v) is 23.6. The molecule has 4 amide bonds. The van der Waals surface area contributed by atoms with Crippen molar-refractivity contribution in [3.63, 3.8) is 0 Å². The van der Waals surface area contributed by atoms with Gasteiger partial charge in [-0.15, -0.1) is 0 Å². The van der Waals surface area contributed by atoms with E-state index < -0.39 is 157 Å². The summed E-state index contributed by atoms with van der Waals surface area (Å²) in [7, 11) is -4.81. The summed E-state index contributed by atoms with van der Waals surface area (Å²) in [5.74, 6) is -5.62. The number of nitrogens with zero attached hydrogens (tertiary/aromatic N) is 1. The lowest BCUT2D eigenvalue weighted by atomic mass is 9.96. The fourth-order valence-electron chi connectivity index (χ4n) is 9.67. The summed E-state index contributed by atoms with van der Waals surface area (Å²) in [6.45, 7) is 4.13. The summed E-state index contributed by atoms with van der Waals surface area (Å²) in [5.41, 5.74) is 11.3. The molecule has 25 heteroatoms. The number of nitrogens with two attached hydrogens (primary N) is 2. The fraction of sp³-hybridized carbons (Fsp3) is 0.879. The monoisotopic (exact) mass is 1210 g/mol. The minimum atomic E-state index is -4.81. The molecule has 0 aromatic heterocycles. The average molecular weight is 1210 g/mol. The van der Waals surface area contributed by atoms with Crippen LogP contribution in [0.4, 0.5) is 0 Å². The van der Waals surface area contributed by atoms with Crippen LogP contribution in [0.1, 0.15) is 233 Å². The first kappa shape index (κ1) is 77.2. The van der Waals surface area contributed by atoms with Crippen LogP contribution >= 0.6 is 7.82 Å². The number of rotatable bonds is 53. The van der Waals surface area contributed by atoms with Gasteiger partial charge in [-0.2, -0.15) is 0 Å². The van der Waals surface area contributed by atoms with E-state index >= 15 is 0 Å². The number of amides is 4. The number of hydrogen-bond donors (Lipinski definition) is 9. The van der Waals surface area contributed by atoms with Crippen LogP contribution in [0.5, 0.6) is 0 Å². The number of phosphoric acid groups is 1. The molecule has 0 bridgehead atoms. The number of carbonyl (C=O) groups is 7. The molecule has 2 unspecified atom stereocenters. The van der Waals surface area contributed by atoms with Crippen LogP contribution in [0.25, 0.3) is 0 Å². The molecule has 0 aromatic rings. The standard InChI is InChI=1S/C58H108N5O19P/c1-5-7-9-11-13-15-17-19-21-23-25-27-29-31-51(69)77-41-45(81-52(70)32-30-28-26-24-22-20-18-16-14-12-10-8-6-2)42-79-83(75,76)78-38-37-61-48(65)34-35-49(66)62-53-55(54(71)47(40-64)82-58(53)74)80-43(3)39-63(57(73)44(4)59)46(56(60)72)33-36-50(67)68/h43-47,53-55,58,64,71,74H,5-42,59H2,1-4H3,(H2,60,72)(H,61,65)(H,62,66)(H,67,68)(H,75,76)/t43?,44-,45+,46+,47+,53+,54+,55+,58-/m0/s1. The van der Waals surface area contributed by atoms with Gasteiger partial charge in [-0.3, -0.25) is 42.6 Å². The maximum absolute atomic E-state index is 13.1. The second kappa shape index (κ2) is 47.3. The number of unbranched alkanes of at least 4 members (excludes halogenated alkanes) is 24. The molecule has 1 aliphatic rings. The Labute approximate surface area is 493 Å². The third-order valence-corrected chi connectivity index (χ3v) is 15.4. The number of carboxylic acids is 1. The first-order valence-electron chi connectivity index (χ1n) is 31.0. The lowest BCUT2D eigenvalue weighted by Crippen LogP contribution is -2.66. The number of carbonyl (C=O) groups excluding carboxylic acids is 6. The first-order chi connectivity index (χ1) is 39.7. The quantitative estimate of drug-likeness (QED) is 0.0175. The van der Waals surface area contributed by atoms with E-state index in [-0.39, 0.29) is 25.8 Å². The maximum atomic E-state index is 13.1. The lowest BCUT2D eigenvalue weighted by Gasteiger charge is -2.44. The number of nitrogens with one attached hydrogen (secondary N) is 2. The third-order valence-electron chi connectivity index (χ3n) is 14.4. The summed E-state index contributed by atoms with van der Waals surface area (Å²) in [5, 5.41) is 45.9. The molecule has 0 spiro atoms. The second-order valence-electron chi connectivity index (χ2n) is 22.1. The zero-order chi connectivity index (χ0) is 61.8. The van der Waals surface area contributed by atoms with Crippen LogP contribution in [0.2, 0.25) is 0 Å². The van der Waals surface area contributed by atoms with E-state index in [1.807, 2.05) is 0 Å².